The molecule has 0 aliphatic carbocycles. The van der Waals surface area contributed by atoms with E-state index in [2.05, 4.69) is 10.2 Å². The van der Waals surface area contributed by atoms with Crippen molar-refractivity contribution in [3.8, 4) is 0 Å². The maximum absolute atomic E-state index is 13.5. The third-order valence-corrected chi connectivity index (χ3v) is 5.77. The lowest BCUT2D eigenvalue weighted by Crippen LogP contribution is -2.50. The van der Waals surface area contributed by atoms with Crippen LogP contribution in [0.1, 0.15) is 38.3 Å². The minimum atomic E-state index is -0.765. The molecule has 9 heteroatoms. The average Bonchev–Trinajstić information content (AvgIpc) is 2.78. The predicted molar refractivity (Wildman–Crippen MR) is 115 cm³/mol. The molecule has 174 valence electrons. The number of nitrogens with one attached hydrogen (secondary N) is 1. The van der Waals surface area contributed by atoms with Crippen molar-refractivity contribution in [2.75, 3.05) is 39.9 Å². The molecule has 1 fully saturated rings. The zero-order valence-electron chi connectivity index (χ0n) is 18.7. The van der Waals surface area contributed by atoms with Crippen molar-refractivity contribution in [3.63, 3.8) is 0 Å². The molecule has 2 atom stereocenters. The van der Waals surface area contributed by atoms with Gasteiger partial charge in [0.2, 0.25) is 0 Å². The first-order valence-electron chi connectivity index (χ1n) is 10.9. The molecule has 8 nitrogen and oxygen atoms in total. The zero-order chi connectivity index (χ0) is 23.3. The minimum Gasteiger partial charge on any atom is -0.466 e. The SMILES string of the molecule is CCOC(=O)C1=C(CN2CCC[C@@H](C(=O)OCC)C2)N(C)C(=O)N[C@H]1c1ccc(F)cc1. The summed E-state index contributed by atoms with van der Waals surface area (Å²) >= 11 is 0. The quantitative estimate of drug-likeness (QED) is 0.647. The van der Waals surface area contributed by atoms with E-state index in [0.29, 0.717) is 36.5 Å². The zero-order valence-corrected chi connectivity index (χ0v) is 18.7. The number of hydrogen-bond acceptors (Lipinski definition) is 6. The molecule has 0 spiro atoms. The molecule has 0 aromatic heterocycles. The van der Waals surface area contributed by atoms with Crippen molar-refractivity contribution in [2.24, 2.45) is 5.92 Å². The third kappa shape index (κ3) is 5.27. The van der Waals surface area contributed by atoms with E-state index in [-0.39, 0.29) is 24.5 Å². The van der Waals surface area contributed by atoms with Crippen LogP contribution in [-0.4, -0.2) is 67.7 Å². The van der Waals surface area contributed by atoms with E-state index >= 15 is 0 Å². The first-order valence-corrected chi connectivity index (χ1v) is 10.9. The lowest BCUT2D eigenvalue weighted by molar-refractivity contribution is -0.150. The number of nitrogens with zero attached hydrogens (tertiary/aromatic N) is 2. The Bertz CT molecular complexity index is 886. The monoisotopic (exact) mass is 447 g/mol. The maximum atomic E-state index is 13.5. The van der Waals surface area contributed by atoms with Crippen LogP contribution in [-0.2, 0) is 19.1 Å². The number of carbonyl (C=O) groups excluding carboxylic acids is 3. The number of likely N-dealkylation sites (tertiary alicyclic amines) is 1. The molecular weight excluding hydrogens is 417 g/mol. The molecule has 2 aliphatic rings. The molecule has 3 rings (SSSR count). The van der Waals surface area contributed by atoms with Crippen LogP contribution >= 0.6 is 0 Å². The van der Waals surface area contributed by atoms with Crippen molar-refractivity contribution in [1.82, 2.24) is 15.1 Å². The Balaban J connectivity index is 1.95. The summed E-state index contributed by atoms with van der Waals surface area (Å²) in [5, 5.41) is 2.82. The fraction of sp³-hybridized carbons (Fsp3) is 0.522. The lowest BCUT2D eigenvalue weighted by atomic mass is 9.93. The van der Waals surface area contributed by atoms with Crippen LogP contribution in [0.2, 0.25) is 0 Å². The molecule has 2 aliphatic heterocycles. The van der Waals surface area contributed by atoms with Gasteiger partial charge in [-0.15, -0.1) is 0 Å². The number of benzene rings is 1. The summed E-state index contributed by atoms with van der Waals surface area (Å²) in [6.45, 7) is 5.51. The molecule has 0 bridgehead atoms. The fourth-order valence-corrected chi connectivity index (χ4v) is 4.17. The smallest absolute Gasteiger partial charge is 0.338 e. The van der Waals surface area contributed by atoms with Gasteiger partial charge in [0, 0.05) is 25.8 Å². The van der Waals surface area contributed by atoms with Crippen molar-refractivity contribution in [3.05, 3.63) is 46.9 Å². The van der Waals surface area contributed by atoms with Crippen molar-refractivity contribution in [2.45, 2.75) is 32.7 Å². The van der Waals surface area contributed by atoms with Gasteiger partial charge in [-0.05, 0) is 50.9 Å². The molecule has 1 aromatic rings. The number of piperidine rings is 1. The number of urea groups is 1. The summed E-state index contributed by atoms with van der Waals surface area (Å²) in [6.07, 6.45) is 1.55. The summed E-state index contributed by atoms with van der Waals surface area (Å²) in [5.74, 6) is -1.42. The second-order valence-corrected chi connectivity index (χ2v) is 7.90. The molecule has 0 saturated carbocycles. The number of rotatable bonds is 7. The van der Waals surface area contributed by atoms with Crippen LogP contribution in [0, 0.1) is 11.7 Å². The number of amides is 2. The molecule has 1 aromatic carbocycles. The Kier molecular flexibility index (Phi) is 7.84. The fourth-order valence-electron chi connectivity index (χ4n) is 4.17. The van der Waals surface area contributed by atoms with E-state index in [1.54, 1.807) is 33.0 Å². The van der Waals surface area contributed by atoms with Gasteiger partial charge in [-0.3, -0.25) is 14.6 Å². The Morgan fingerprint density at radius 2 is 1.84 bits per heavy atom. The highest BCUT2D eigenvalue weighted by Crippen LogP contribution is 2.32. The van der Waals surface area contributed by atoms with Gasteiger partial charge >= 0.3 is 18.0 Å². The molecule has 0 unspecified atom stereocenters. The summed E-state index contributed by atoms with van der Waals surface area (Å²) in [4.78, 5) is 41.4. The Morgan fingerprint density at radius 1 is 1.16 bits per heavy atom. The number of likely N-dealkylation sites (N-methyl/N-ethyl adjacent to an activating group) is 1. The Hall–Kier alpha value is -2.94. The van der Waals surface area contributed by atoms with Gasteiger partial charge in [-0.1, -0.05) is 12.1 Å². The van der Waals surface area contributed by atoms with Gasteiger partial charge in [-0.25, -0.2) is 14.0 Å². The molecule has 0 radical (unpaired) electrons. The number of halogens is 1. The average molecular weight is 448 g/mol. The van der Waals surface area contributed by atoms with E-state index in [4.69, 9.17) is 9.47 Å². The topological polar surface area (TPSA) is 88.2 Å². The van der Waals surface area contributed by atoms with Gasteiger partial charge < -0.3 is 14.8 Å². The molecule has 32 heavy (non-hydrogen) atoms. The third-order valence-electron chi connectivity index (χ3n) is 5.77. The van der Waals surface area contributed by atoms with E-state index in [1.807, 2.05) is 0 Å². The summed E-state index contributed by atoms with van der Waals surface area (Å²) in [5.41, 5.74) is 1.39. The molecule has 1 saturated heterocycles. The summed E-state index contributed by atoms with van der Waals surface area (Å²) in [6, 6.07) is 4.52. The first-order chi connectivity index (χ1) is 15.3. The Morgan fingerprint density at radius 3 is 2.50 bits per heavy atom. The number of esters is 2. The largest absolute Gasteiger partial charge is 0.466 e. The van der Waals surface area contributed by atoms with E-state index in [1.165, 1.54) is 17.0 Å². The van der Waals surface area contributed by atoms with Gasteiger partial charge in [0.15, 0.2) is 0 Å². The highest BCUT2D eigenvalue weighted by atomic mass is 19.1. The standard InChI is InChI=1S/C23H30FN3O5/c1-4-31-21(28)16-7-6-12-27(13-16)14-18-19(22(29)32-5-2)20(25-23(30)26(18)3)15-8-10-17(24)11-9-15/h8-11,16,20H,4-7,12-14H2,1-3H3,(H,25,30)/t16-,20+/m1/s1. The predicted octanol–water partition coefficient (Wildman–Crippen LogP) is 2.61. The number of ether oxygens (including phenoxy) is 2. The van der Waals surface area contributed by atoms with Gasteiger partial charge in [0.25, 0.3) is 0 Å². The lowest BCUT2D eigenvalue weighted by Gasteiger charge is -2.38. The minimum absolute atomic E-state index is 0.179. The van der Waals surface area contributed by atoms with E-state index in [9.17, 15) is 18.8 Å². The molecule has 2 amide bonds. The van der Waals surface area contributed by atoms with Crippen LogP contribution in [0.5, 0.6) is 0 Å². The summed E-state index contributed by atoms with van der Waals surface area (Å²) < 4.78 is 24.0. The van der Waals surface area contributed by atoms with Crippen molar-refractivity contribution in [1.29, 1.82) is 0 Å². The van der Waals surface area contributed by atoms with Crippen molar-refractivity contribution >= 4 is 18.0 Å². The van der Waals surface area contributed by atoms with Crippen LogP contribution < -0.4 is 5.32 Å². The summed E-state index contributed by atoms with van der Waals surface area (Å²) in [7, 11) is 1.59. The second-order valence-electron chi connectivity index (χ2n) is 7.90. The maximum Gasteiger partial charge on any atom is 0.338 e. The first kappa shape index (κ1) is 23.7. The van der Waals surface area contributed by atoms with E-state index < -0.39 is 17.8 Å². The number of carbonyl (C=O) groups is 3. The normalized spacial score (nSPS) is 21.9. The van der Waals surface area contributed by atoms with Gasteiger partial charge in [0.05, 0.1) is 30.7 Å². The van der Waals surface area contributed by atoms with Crippen LogP contribution in [0.25, 0.3) is 0 Å². The van der Waals surface area contributed by atoms with E-state index in [0.717, 1.165) is 19.4 Å². The van der Waals surface area contributed by atoms with Crippen LogP contribution in [0.3, 0.4) is 0 Å². The second kappa shape index (κ2) is 10.6. The molecule has 2 heterocycles. The molecule has 1 N–H and O–H groups in total. The number of hydrogen-bond donors (Lipinski definition) is 1. The highest BCUT2D eigenvalue weighted by molar-refractivity contribution is 5.95. The van der Waals surface area contributed by atoms with Crippen LogP contribution in [0.15, 0.2) is 35.5 Å². The highest BCUT2D eigenvalue weighted by Gasteiger charge is 2.38. The van der Waals surface area contributed by atoms with Crippen LogP contribution in [0.4, 0.5) is 9.18 Å². The van der Waals surface area contributed by atoms with Crippen molar-refractivity contribution < 1.29 is 28.2 Å². The Labute approximate surface area is 187 Å². The molecular formula is C23H30FN3O5. The van der Waals surface area contributed by atoms with Gasteiger partial charge in [-0.2, -0.15) is 0 Å². The van der Waals surface area contributed by atoms with Gasteiger partial charge in [0.1, 0.15) is 5.82 Å².